The number of carbonyl (C=O) groups is 1. The van der Waals surface area contributed by atoms with Crippen LogP contribution in [-0.4, -0.2) is 23.8 Å². The molecule has 98 valence electrons. The van der Waals surface area contributed by atoms with Crippen molar-refractivity contribution in [2.24, 2.45) is 0 Å². The lowest BCUT2D eigenvalue weighted by Crippen LogP contribution is -2.12. The number of carbonyl (C=O) groups excluding carboxylic acids is 1. The van der Waals surface area contributed by atoms with E-state index in [1.807, 2.05) is 30.3 Å². The van der Waals surface area contributed by atoms with Gasteiger partial charge in [-0.15, -0.1) is 0 Å². The zero-order chi connectivity index (χ0) is 13.4. The van der Waals surface area contributed by atoms with Crippen molar-refractivity contribution in [1.29, 1.82) is 0 Å². The van der Waals surface area contributed by atoms with E-state index < -0.39 is 29.0 Å². The van der Waals surface area contributed by atoms with Crippen molar-refractivity contribution in [2.45, 2.75) is 5.51 Å². The fourth-order valence-corrected chi connectivity index (χ4v) is 1.44. The molecule has 0 heterocycles. The number of benzene rings is 1. The standard InChI is InChI=1S/C12H11F3O2S/c13-12(14,15)18-9-11(16)17-8-4-7-10-5-2-1-3-6-10/h1-7H,8-9H2/b7-4+. The van der Waals surface area contributed by atoms with Crippen LogP contribution in [0, 0.1) is 0 Å². The van der Waals surface area contributed by atoms with Crippen LogP contribution in [0.1, 0.15) is 5.56 Å². The first-order chi connectivity index (χ1) is 8.47. The van der Waals surface area contributed by atoms with Crippen LogP contribution >= 0.6 is 11.8 Å². The SMILES string of the molecule is O=C(CSC(F)(F)F)OC/C=C/c1ccccc1. The zero-order valence-corrected chi connectivity index (χ0v) is 10.1. The topological polar surface area (TPSA) is 26.3 Å². The molecule has 0 fully saturated rings. The molecule has 1 aromatic rings. The van der Waals surface area contributed by atoms with Gasteiger partial charge in [-0.25, -0.2) is 0 Å². The molecule has 1 aromatic carbocycles. The Morgan fingerprint density at radius 2 is 1.94 bits per heavy atom. The predicted molar refractivity (Wildman–Crippen MR) is 64.9 cm³/mol. The van der Waals surface area contributed by atoms with Crippen molar-refractivity contribution < 1.29 is 22.7 Å². The highest BCUT2D eigenvalue weighted by atomic mass is 32.2. The molecular formula is C12H11F3O2S. The van der Waals surface area contributed by atoms with Crippen LogP contribution in [0.25, 0.3) is 6.08 Å². The van der Waals surface area contributed by atoms with Crippen LogP contribution in [0.2, 0.25) is 0 Å². The number of ether oxygens (including phenoxy) is 1. The summed E-state index contributed by atoms with van der Waals surface area (Å²) in [6.07, 6.45) is 3.30. The number of esters is 1. The van der Waals surface area contributed by atoms with Gasteiger partial charge in [-0.3, -0.25) is 4.79 Å². The van der Waals surface area contributed by atoms with Crippen LogP contribution in [0.3, 0.4) is 0 Å². The van der Waals surface area contributed by atoms with Crippen LogP contribution in [-0.2, 0) is 9.53 Å². The van der Waals surface area contributed by atoms with Gasteiger partial charge in [0.15, 0.2) is 0 Å². The monoisotopic (exact) mass is 276 g/mol. The zero-order valence-electron chi connectivity index (χ0n) is 9.31. The van der Waals surface area contributed by atoms with Gasteiger partial charge in [-0.2, -0.15) is 13.2 Å². The third-order valence-corrected chi connectivity index (χ3v) is 2.51. The number of rotatable bonds is 5. The molecule has 0 bridgehead atoms. The summed E-state index contributed by atoms with van der Waals surface area (Å²) in [4.78, 5) is 10.9. The third-order valence-electron chi connectivity index (χ3n) is 1.80. The van der Waals surface area contributed by atoms with E-state index in [1.165, 1.54) is 0 Å². The maximum absolute atomic E-state index is 11.8. The second kappa shape index (κ2) is 7.10. The molecule has 0 aliphatic rings. The van der Waals surface area contributed by atoms with Crippen LogP contribution in [0.5, 0.6) is 0 Å². The van der Waals surface area contributed by atoms with Crippen molar-refractivity contribution >= 4 is 23.8 Å². The van der Waals surface area contributed by atoms with Crippen molar-refractivity contribution in [3.8, 4) is 0 Å². The first kappa shape index (κ1) is 14.6. The number of hydrogen-bond acceptors (Lipinski definition) is 3. The summed E-state index contributed by atoms with van der Waals surface area (Å²) in [5, 5.41) is 0. The average molecular weight is 276 g/mol. The first-order valence-corrected chi connectivity index (χ1v) is 6.04. The number of hydrogen-bond donors (Lipinski definition) is 0. The van der Waals surface area contributed by atoms with E-state index in [1.54, 1.807) is 12.2 Å². The fraction of sp³-hybridized carbons (Fsp3) is 0.250. The fourth-order valence-electron chi connectivity index (χ4n) is 1.07. The third kappa shape index (κ3) is 7.01. The Labute approximate surface area is 107 Å². The second-order valence-corrected chi connectivity index (χ2v) is 4.27. The van der Waals surface area contributed by atoms with E-state index >= 15 is 0 Å². The van der Waals surface area contributed by atoms with Gasteiger partial charge in [0, 0.05) is 0 Å². The van der Waals surface area contributed by atoms with Crippen LogP contribution < -0.4 is 0 Å². The molecular weight excluding hydrogens is 265 g/mol. The molecule has 0 aliphatic carbocycles. The molecule has 0 aromatic heterocycles. The summed E-state index contributed by atoms with van der Waals surface area (Å²) >= 11 is -0.403. The van der Waals surface area contributed by atoms with Gasteiger partial charge in [0.05, 0.1) is 0 Å². The summed E-state index contributed by atoms with van der Waals surface area (Å²) in [5.74, 6) is -1.60. The van der Waals surface area contributed by atoms with Gasteiger partial charge in [0.2, 0.25) is 0 Å². The largest absolute Gasteiger partial charge is 0.461 e. The van der Waals surface area contributed by atoms with Gasteiger partial charge >= 0.3 is 11.5 Å². The van der Waals surface area contributed by atoms with Crippen molar-refractivity contribution in [3.05, 3.63) is 42.0 Å². The normalized spacial score (nSPS) is 11.7. The molecule has 0 saturated carbocycles. The Bertz CT molecular complexity index is 402. The van der Waals surface area contributed by atoms with E-state index in [0.29, 0.717) is 0 Å². The lowest BCUT2D eigenvalue weighted by atomic mass is 10.2. The summed E-state index contributed by atoms with van der Waals surface area (Å²) in [7, 11) is 0. The Morgan fingerprint density at radius 1 is 1.28 bits per heavy atom. The Kier molecular flexibility index (Phi) is 5.77. The number of halogens is 3. The smallest absolute Gasteiger partial charge is 0.442 e. The van der Waals surface area contributed by atoms with Gasteiger partial charge < -0.3 is 4.74 Å². The average Bonchev–Trinajstić information content (AvgIpc) is 2.33. The molecule has 0 amide bonds. The molecule has 0 aliphatic heterocycles. The summed E-state index contributed by atoms with van der Waals surface area (Å²) in [5.41, 5.74) is -3.47. The van der Waals surface area contributed by atoms with E-state index in [9.17, 15) is 18.0 Å². The van der Waals surface area contributed by atoms with E-state index in [2.05, 4.69) is 4.74 Å². The summed E-state index contributed by atoms with van der Waals surface area (Å²) in [6, 6.07) is 9.29. The Balaban J connectivity index is 2.22. The maximum atomic E-state index is 11.8. The molecule has 18 heavy (non-hydrogen) atoms. The molecule has 2 nitrogen and oxygen atoms in total. The van der Waals surface area contributed by atoms with Gasteiger partial charge in [-0.1, -0.05) is 36.4 Å². The highest BCUT2D eigenvalue weighted by Gasteiger charge is 2.29. The Morgan fingerprint density at radius 3 is 2.56 bits per heavy atom. The highest BCUT2D eigenvalue weighted by molar-refractivity contribution is 8.00. The van der Waals surface area contributed by atoms with E-state index in [-0.39, 0.29) is 6.61 Å². The lowest BCUT2D eigenvalue weighted by Gasteiger charge is -2.04. The minimum absolute atomic E-state index is 0.0356. The van der Waals surface area contributed by atoms with Crippen LogP contribution in [0.4, 0.5) is 13.2 Å². The van der Waals surface area contributed by atoms with Crippen LogP contribution in [0.15, 0.2) is 36.4 Å². The summed E-state index contributed by atoms with van der Waals surface area (Å²) < 4.78 is 39.9. The van der Waals surface area contributed by atoms with Gasteiger partial charge in [-0.05, 0) is 23.4 Å². The lowest BCUT2D eigenvalue weighted by molar-refractivity contribution is -0.139. The highest BCUT2D eigenvalue weighted by Crippen LogP contribution is 2.29. The predicted octanol–water partition coefficient (Wildman–Crippen LogP) is 3.50. The maximum Gasteiger partial charge on any atom is 0.442 e. The van der Waals surface area contributed by atoms with E-state index in [0.717, 1.165) is 5.56 Å². The quantitative estimate of drug-likeness (QED) is 0.770. The minimum Gasteiger partial charge on any atom is -0.461 e. The van der Waals surface area contributed by atoms with Crippen molar-refractivity contribution in [3.63, 3.8) is 0 Å². The number of thioether (sulfide) groups is 1. The van der Waals surface area contributed by atoms with Gasteiger partial charge in [0.1, 0.15) is 12.4 Å². The van der Waals surface area contributed by atoms with Crippen molar-refractivity contribution in [1.82, 2.24) is 0 Å². The van der Waals surface area contributed by atoms with Crippen molar-refractivity contribution in [2.75, 3.05) is 12.4 Å². The molecule has 0 N–H and O–H groups in total. The molecule has 0 unspecified atom stereocenters. The molecule has 0 saturated heterocycles. The van der Waals surface area contributed by atoms with E-state index in [4.69, 9.17) is 0 Å². The van der Waals surface area contributed by atoms with Gasteiger partial charge in [0.25, 0.3) is 0 Å². The second-order valence-electron chi connectivity index (χ2n) is 3.23. The molecule has 0 spiro atoms. The molecule has 1 rings (SSSR count). The first-order valence-electron chi connectivity index (χ1n) is 5.05. The molecule has 6 heteroatoms. The number of alkyl halides is 3. The Hall–Kier alpha value is -1.43. The molecule has 0 atom stereocenters. The molecule has 0 radical (unpaired) electrons. The summed E-state index contributed by atoms with van der Waals surface area (Å²) in [6.45, 7) is -0.0356. The minimum atomic E-state index is -4.40.